The van der Waals surface area contributed by atoms with Crippen LogP contribution in [0.3, 0.4) is 0 Å². The Morgan fingerprint density at radius 2 is 2.20 bits per heavy atom. The van der Waals surface area contributed by atoms with Crippen LogP contribution in [-0.2, 0) is 0 Å². The zero-order valence-electron chi connectivity index (χ0n) is 6.34. The van der Waals surface area contributed by atoms with Crippen LogP contribution in [0.4, 0.5) is 0 Å². The zero-order chi connectivity index (χ0) is 7.98. The van der Waals surface area contributed by atoms with Crippen LogP contribution in [-0.4, -0.2) is 16.2 Å². The Bertz CT molecular complexity index is 106. The molecule has 0 fully saturated rings. The summed E-state index contributed by atoms with van der Waals surface area (Å²) in [7, 11) is 0. The number of aliphatic hydroxyl groups is 1. The monoisotopic (exact) mass is 161 g/mol. The number of rotatable bonds is 5. The molecule has 0 amide bonds. The van der Waals surface area contributed by atoms with Gasteiger partial charge in [0.15, 0.2) is 5.05 Å². The second-order valence-electron chi connectivity index (χ2n) is 2.48. The minimum atomic E-state index is 0.0755. The fraction of sp³-hybridized carbons (Fsp3) is 0.857. The molecule has 2 nitrogen and oxygen atoms in total. The Hall–Kier alpha value is -0.150. The van der Waals surface area contributed by atoms with Gasteiger partial charge in [-0.2, -0.15) is 0 Å². The Morgan fingerprint density at radius 1 is 1.60 bits per heavy atom. The minimum absolute atomic E-state index is 0.0755. The summed E-state index contributed by atoms with van der Waals surface area (Å²) in [6, 6.07) is 0.204. The highest BCUT2D eigenvalue weighted by molar-refractivity contribution is 7.80. The first kappa shape index (κ1) is 9.85. The van der Waals surface area contributed by atoms with E-state index >= 15 is 0 Å². The van der Waals surface area contributed by atoms with Gasteiger partial charge in [0.05, 0.1) is 0 Å². The smallest absolute Gasteiger partial charge is 0.156 e. The van der Waals surface area contributed by atoms with Crippen molar-refractivity contribution in [2.45, 2.75) is 38.6 Å². The molecule has 0 saturated heterocycles. The number of thiocarbonyl (C=S) groups is 1. The maximum absolute atomic E-state index is 8.65. The highest BCUT2D eigenvalue weighted by atomic mass is 32.1. The van der Waals surface area contributed by atoms with Crippen molar-refractivity contribution >= 4 is 17.3 Å². The first-order valence-electron chi connectivity index (χ1n) is 3.64. The van der Waals surface area contributed by atoms with Crippen LogP contribution in [0.2, 0.25) is 0 Å². The number of hydrogen-bond donors (Lipinski definition) is 2. The third-order valence-corrected chi connectivity index (χ3v) is 1.59. The van der Waals surface area contributed by atoms with Crippen molar-refractivity contribution in [2.24, 2.45) is 5.73 Å². The van der Waals surface area contributed by atoms with E-state index in [2.05, 4.69) is 19.1 Å². The summed E-state index contributed by atoms with van der Waals surface area (Å²) in [5.41, 5.74) is 5.66. The summed E-state index contributed by atoms with van der Waals surface area (Å²) in [6.07, 6.45) is 3.49. The Morgan fingerprint density at radius 3 is 2.60 bits per heavy atom. The fourth-order valence-corrected chi connectivity index (χ4v) is 0.942. The molecule has 3 heteroatoms. The molecule has 3 N–H and O–H groups in total. The van der Waals surface area contributed by atoms with Crippen molar-refractivity contribution in [1.82, 2.24) is 0 Å². The predicted octanol–water partition coefficient (Wildman–Crippen LogP) is 1.78. The third kappa shape index (κ3) is 5.98. The van der Waals surface area contributed by atoms with Gasteiger partial charge in [0, 0.05) is 12.5 Å². The van der Waals surface area contributed by atoms with Crippen LogP contribution in [0.25, 0.3) is 0 Å². The van der Waals surface area contributed by atoms with Gasteiger partial charge in [-0.25, -0.2) is 0 Å². The maximum Gasteiger partial charge on any atom is 0.156 e. The van der Waals surface area contributed by atoms with E-state index in [-0.39, 0.29) is 11.1 Å². The van der Waals surface area contributed by atoms with E-state index in [0.717, 1.165) is 19.3 Å². The highest BCUT2D eigenvalue weighted by Gasteiger charge is 2.01. The van der Waals surface area contributed by atoms with Crippen molar-refractivity contribution < 1.29 is 5.11 Å². The molecule has 0 radical (unpaired) electrons. The van der Waals surface area contributed by atoms with Crippen molar-refractivity contribution in [2.75, 3.05) is 0 Å². The van der Waals surface area contributed by atoms with Crippen LogP contribution in [0.1, 0.15) is 32.6 Å². The van der Waals surface area contributed by atoms with Gasteiger partial charge in [-0.15, -0.1) is 0 Å². The van der Waals surface area contributed by atoms with E-state index in [1.165, 1.54) is 0 Å². The molecule has 10 heavy (non-hydrogen) atoms. The largest absolute Gasteiger partial charge is 0.502 e. The molecule has 0 aliphatic heterocycles. The van der Waals surface area contributed by atoms with E-state index in [1.54, 1.807) is 0 Å². The topological polar surface area (TPSA) is 46.2 Å². The third-order valence-electron chi connectivity index (χ3n) is 1.39. The van der Waals surface area contributed by atoms with Gasteiger partial charge >= 0.3 is 0 Å². The molecule has 0 unspecified atom stereocenters. The quantitative estimate of drug-likeness (QED) is 0.604. The summed E-state index contributed by atoms with van der Waals surface area (Å²) in [6.45, 7) is 2.09. The second kappa shape index (κ2) is 5.62. The molecule has 0 bridgehead atoms. The van der Waals surface area contributed by atoms with Gasteiger partial charge < -0.3 is 10.8 Å². The van der Waals surface area contributed by atoms with E-state index in [1.807, 2.05) is 0 Å². The van der Waals surface area contributed by atoms with E-state index in [4.69, 9.17) is 10.8 Å². The fourth-order valence-electron chi connectivity index (χ4n) is 0.824. The summed E-state index contributed by atoms with van der Waals surface area (Å²) in [4.78, 5) is 0. The van der Waals surface area contributed by atoms with Gasteiger partial charge in [0.1, 0.15) is 0 Å². The molecular formula is C7H15NOS. The summed E-state index contributed by atoms with van der Waals surface area (Å²) >= 11 is 4.50. The lowest BCUT2D eigenvalue weighted by Crippen LogP contribution is -2.20. The lowest BCUT2D eigenvalue weighted by Gasteiger charge is -2.07. The molecular weight excluding hydrogens is 146 g/mol. The van der Waals surface area contributed by atoms with Gasteiger partial charge in [0.2, 0.25) is 0 Å². The van der Waals surface area contributed by atoms with Gasteiger partial charge in [-0.1, -0.05) is 13.3 Å². The molecule has 0 aliphatic carbocycles. The summed E-state index contributed by atoms with van der Waals surface area (Å²) in [5.74, 6) is 0. The standard InChI is InChI=1S/C7H15NOS/c1-2-3-6(8)4-5-7(9)10/h6H,2-5,8H2,1H3,(H,9,10)/t6-/m1/s1. The molecule has 0 aliphatic rings. The zero-order valence-corrected chi connectivity index (χ0v) is 7.16. The van der Waals surface area contributed by atoms with Crippen LogP contribution in [0.15, 0.2) is 0 Å². The van der Waals surface area contributed by atoms with Crippen LogP contribution < -0.4 is 5.73 Å². The molecule has 0 aromatic heterocycles. The summed E-state index contributed by atoms with van der Waals surface area (Å²) in [5, 5.41) is 8.72. The molecule has 0 rings (SSSR count). The first-order valence-corrected chi connectivity index (χ1v) is 4.05. The molecule has 60 valence electrons. The second-order valence-corrected chi connectivity index (χ2v) is 2.95. The van der Waals surface area contributed by atoms with Crippen molar-refractivity contribution in [3.8, 4) is 0 Å². The average Bonchev–Trinajstić information content (AvgIpc) is 1.85. The van der Waals surface area contributed by atoms with Crippen molar-refractivity contribution in [1.29, 1.82) is 0 Å². The van der Waals surface area contributed by atoms with Crippen LogP contribution in [0, 0.1) is 0 Å². The van der Waals surface area contributed by atoms with Crippen molar-refractivity contribution in [3.63, 3.8) is 0 Å². The Balaban J connectivity index is 3.21. The number of hydrogen-bond acceptors (Lipinski definition) is 2. The molecule has 0 aromatic rings. The highest BCUT2D eigenvalue weighted by Crippen LogP contribution is 2.01. The van der Waals surface area contributed by atoms with Crippen molar-refractivity contribution in [3.05, 3.63) is 0 Å². The average molecular weight is 161 g/mol. The summed E-state index contributed by atoms with van der Waals surface area (Å²) < 4.78 is 0. The lowest BCUT2D eigenvalue weighted by atomic mass is 10.1. The number of aliphatic hydroxyl groups excluding tert-OH is 1. The minimum Gasteiger partial charge on any atom is -0.502 e. The van der Waals surface area contributed by atoms with E-state index in [0.29, 0.717) is 6.42 Å². The normalized spacial score (nSPS) is 13.0. The van der Waals surface area contributed by atoms with Gasteiger partial charge in [0.25, 0.3) is 0 Å². The van der Waals surface area contributed by atoms with E-state index < -0.39 is 0 Å². The molecule has 0 spiro atoms. The maximum atomic E-state index is 8.65. The molecule has 0 heterocycles. The van der Waals surface area contributed by atoms with Gasteiger partial charge in [-0.3, -0.25) is 0 Å². The lowest BCUT2D eigenvalue weighted by molar-refractivity contribution is 0.514. The van der Waals surface area contributed by atoms with E-state index in [9.17, 15) is 0 Å². The SMILES string of the molecule is CCC[C@@H](N)CCC(O)=S. The molecule has 1 atom stereocenters. The first-order chi connectivity index (χ1) is 4.66. The van der Waals surface area contributed by atoms with Crippen LogP contribution in [0.5, 0.6) is 0 Å². The molecule has 0 aromatic carbocycles. The predicted molar refractivity (Wildman–Crippen MR) is 47.3 cm³/mol. The Kier molecular flexibility index (Phi) is 5.54. The molecule has 0 saturated carbocycles. The van der Waals surface area contributed by atoms with Crippen LogP contribution >= 0.6 is 12.2 Å². The Labute approximate surface area is 67.4 Å². The van der Waals surface area contributed by atoms with Gasteiger partial charge in [-0.05, 0) is 25.1 Å². The number of nitrogens with two attached hydrogens (primary N) is 1.